The molecule has 124 valence electrons. The van der Waals surface area contributed by atoms with Crippen LogP contribution in [0, 0.1) is 0 Å². The molecule has 1 aromatic rings. The third-order valence-electron chi connectivity index (χ3n) is 4.74. The van der Waals surface area contributed by atoms with Crippen molar-refractivity contribution in [1.82, 2.24) is 0 Å². The first-order valence-corrected chi connectivity index (χ1v) is 9.15. The quantitative estimate of drug-likeness (QED) is 0.321. The lowest BCUT2D eigenvalue weighted by Crippen LogP contribution is -2.55. The molecule has 1 spiro atoms. The molecule has 1 unspecified atom stereocenters. The Kier molecular flexibility index (Phi) is 5.49. The molecule has 0 bridgehead atoms. The predicted molar refractivity (Wildman–Crippen MR) is 91.4 cm³/mol. The normalized spacial score (nSPS) is 26.1. The van der Waals surface area contributed by atoms with Gasteiger partial charge in [0.25, 0.3) is 0 Å². The van der Waals surface area contributed by atoms with Crippen LogP contribution in [0.4, 0.5) is 0 Å². The molecule has 0 radical (unpaired) electrons. The number of ether oxygens (including phenoxy) is 2. The number of rotatable bonds is 6. The molecule has 2 aliphatic rings. The molecular formula is C17H23N3O2S. The van der Waals surface area contributed by atoms with Crippen LogP contribution in [0.25, 0.3) is 10.4 Å². The summed E-state index contributed by atoms with van der Waals surface area (Å²) in [5, 5.41) is 3.70. The SMILES string of the molecule is [N-]=[N+]=NCCCC1(Sc2ccccc2)CCCCC12OCCO2. The van der Waals surface area contributed by atoms with E-state index in [0.29, 0.717) is 19.8 Å². The first-order chi connectivity index (χ1) is 11.3. The van der Waals surface area contributed by atoms with Gasteiger partial charge in [0, 0.05) is 22.8 Å². The maximum absolute atomic E-state index is 8.51. The molecule has 23 heavy (non-hydrogen) atoms. The third kappa shape index (κ3) is 3.50. The third-order valence-corrected chi connectivity index (χ3v) is 6.36. The highest BCUT2D eigenvalue weighted by Crippen LogP contribution is 2.55. The van der Waals surface area contributed by atoms with Crippen LogP contribution in [0.15, 0.2) is 40.3 Å². The van der Waals surface area contributed by atoms with Gasteiger partial charge in [-0.1, -0.05) is 29.7 Å². The molecule has 0 N–H and O–H groups in total. The van der Waals surface area contributed by atoms with E-state index in [-0.39, 0.29) is 4.75 Å². The highest BCUT2D eigenvalue weighted by molar-refractivity contribution is 8.00. The summed E-state index contributed by atoms with van der Waals surface area (Å²) in [5.41, 5.74) is 8.51. The first-order valence-electron chi connectivity index (χ1n) is 8.33. The zero-order valence-corrected chi connectivity index (χ0v) is 14.1. The fourth-order valence-corrected chi connectivity index (χ4v) is 5.35. The summed E-state index contributed by atoms with van der Waals surface area (Å²) in [4.78, 5) is 4.12. The van der Waals surface area contributed by atoms with Gasteiger partial charge < -0.3 is 9.47 Å². The molecule has 6 heteroatoms. The van der Waals surface area contributed by atoms with Gasteiger partial charge in [-0.05, 0) is 43.3 Å². The summed E-state index contributed by atoms with van der Waals surface area (Å²) in [5.74, 6) is -0.484. The number of hydrogen-bond acceptors (Lipinski definition) is 4. The molecular weight excluding hydrogens is 310 g/mol. The molecule has 5 nitrogen and oxygen atoms in total. The van der Waals surface area contributed by atoms with Crippen LogP contribution in [0.2, 0.25) is 0 Å². The maximum atomic E-state index is 8.51. The fraction of sp³-hybridized carbons (Fsp3) is 0.647. The average Bonchev–Trinajstić information content (AvgIpc) is 3.05. The van der Waals surface area contributed by atoms with Gasteiger partial charge >= 0.3 is 0 Å². The summed E-state index contributed by atoms with van der Waals surface area (Å²) in [6.45, 7) is 1.88. The summed E-state index contributed by atoms with van der Waals surface area (Å²) in [6, 6.07) is 10.5. The Morgan fingerprint density at radius 3 is 2.61 bits per heavy atom. The Morgan fingerprint density at radius 1 is 1.13 bits per heavy atom. The summed E-state index contributed by atoms with van der Waals surface area (Å²) >= 11 is 1.88. The van der Waals surface area contributed by atoms with E-state index in [9.17, 15) is 0 Å². The van der Waals surface area contributed by atoms with E-state index >= 15 is 0 Å². The molecule has 1 heterocycles. The second-order valence-corrected chi connectivity index (χ2v) is 7.58. The number of azide groups is 1. The lowest BCUT2D eigenvalue weighted by Gasteiger charge is -2.49. The van der Waals surface area contributed by atoms with Crippen molar-refractivity contribution < 1.29 is 9.47 Å². The van der Waals surface area contributed by atoms with Gasteiger partial charge in [0.15, 0.2) is 5.79 Å². The molecule has 1 saturated heterocycles. The number of nitrogens with zero attached hydrogens (tertiary/aromatic N) is 3. The Hall–Kier alpha value is -1.20. The lowest BCUT2D eigenvalue weighted by atomic mass is 9.79. The van der Waals surface area contributed by atoms with Gasteiger partial charge in [-0.25, -0.2) is 0 Å². The predicted octanol–water partition coefficient (Wildman–Crippen LogP) is 4.93. The van der Waals surface area contributed by atoms with Crippen LogP contribution in [0.3, 0.4) is 0 Å². The van der Waals surface area contributed by atoms with Crippen LogP contribution >= 0.6 is 11.8 Å². The van der Waals surface area contributed by atoms with E-state index in [1.165, 1.54) is 11.3 Å². The van der Waals surface area contributed by atoms with Crippen molar-refractivity contribution in [2.75, 3.05) is 19.8 Å². The molecule has 0 aromatic heterocycles. The number of thioether (sulfide) groups is 1. The second-order valence-electron chi connectivity index (χ2n) is 6.12. The van der Waals surface area contributed by atoms with Crippen molar-refractivity contribution in [3.8, 4) is 0 Å². The molecule has 1 aromatic carbocycles. The molecule has 1 aliphatic heterocycles. The second kappa shape index (κ2) is 7.58. The average molecular weight is 333 g/mol. The van der Waals surface area contributed by atoms with Gasteiger partial charge in [-0.2, -0.15) is 0 Å². The summed E-state index contributed by atoms with van der Waals surface area (Å²) in [7, 11) is 0. The molecule has 3 rings (SSSR count). The number of benzene rings is 1. The van der Waals surface area contributed by atoms with Crippen LogP contribution in [0.1, 0.15) is 38.5 Å². The monoisotopic (exact) mass is 333 g/mol. The van der Waals surface area contributed by atoms with Gasteiger partial charge in [-0.15, -0.1) is 11.8 Å². The standard InChI is InChI=1S/C17H23N3O2S/c18-20-19-12-6-10-16(23-15-7-2-1-3-8-15)9-4-5-11-17(16)21-13-14-22-17/h1-3,7-8H,4-6,9-14H2. The molecule has 1 atom stereocenters. The molecule has 0 amide bonds. The Bertz CT molecular complexity index is 556. The largest absolute Gasteiger partial charge is 0.346 e. The minimum atomic E-state index is -0.484. The number of hydrogen-bond donors (Lipinski definition) is 0. The van der Waals surface area contributed by atoms with Crippen molar-refractivity contribution in [3.05, 3.63) is 40.8 Å². The van der Waals surface area contributed by atoms with E-state index < -0.39 is 5.79 Å². The zero-order chi connectivity index (χ0) is 16.0. The van der Waals surface area contributed by atoms with Crippen molar-refractivity contribution in [2.45, 2.75) is 54.0 Å². The fourth-order valence-electron chi connectivity index (χ4n) is 3.74. The highest BCUT2D eigenvalue weighted by Gasteiger charge is 2.57. The van der Waals surface area contributed by atoms with E-state index in [4.69, 9.17) is 15.0 Å². The van der Waals surface area contributed by atoms with Gasteiger partial charge in [0.1, 0.15) is 0 Å². The van der Waals surface area contributed by atoms with E-state index in [1.807, 2.05) is 17.8 Å². The smallest absolute Gasteiger partial charge is 0.183 e. The van der Waals surface area contributed by atoms with Crippen molar-refractivity contribution in [2.24, 2.45) is 5.11 Å². The van der Waals surface area contributed by atoms with Crippen LogP contribution in [-0.4, -0.2) is 30.3 Å². The lowest BCUT2D eigenvalue weighted by molar-refractivity contribution is -0.200. The van der Waals surface area contributed by atoms with Gasteiger partial charge in [-0.3, -0.25) is 0 Å². The van der Waals surface area contributed by atoms with Crippen LogP contribution in [-0.2, 0) is 9.47 Å². The highest BCUT2D eigenvalue weighted by atomic mass is 32.2. The van der Waals surface area contributed by atoms with E-state index in [2.05, 4.69) is 34.3 Å². The summed E-state index contributed by atoms with van der Waals surface area (Å²) < 4.78 is 12.3. The van der Waals surface area contributed by atoms with E-state index in [0.717, 1.165) is 32.1 Å². The minimum absolute atomic E-state index is 0.103. The first kappa shape index (κ1) is 16.7. The zero-order valence-electron chi connectivity index (χ0n) is 13.3. The van der Waals surface area contributed by atoms with Crippen LogP contribution in [0.5, 0.6) is 0 Å². The molecule has 1 aliphatic carbocycles. The Balaban J connectivity index is 1.86. The van der Waals surface area contributed by atoms with Gasteiger partial charge in [0.05, 0.1) is 18.0 Å². The molecule has 1 saturated carbocycles. The summed E-state index contributed by atoms with van der Waals surface area (Å²) in [6.07, 6.45) is 6.16. The van der Waals surface area contributed by atoms with Crippen molar-refractivity contribution >= 4 is 11.8 Å². The van der Waals surface area contributed by atoms with E-state index in [1.54, 1.807) is 0 Å². The van der Waals surface area contributed by atoms with Crippen LogP contribution < -0.4 is 0 Å². The maximum Gasteiger partial charge on any atom is 0.183 e. The molecule has 2 fully saturated rings. The minimum Gasteiger partial charge on any atom is -0.346 e. The topological polar surface area (TPSA) is 67.2 Å². The van der Waals surface area contributed by atoms with Crippen molar-refractivity contribution in [3.63, 3.8) is 0 Å². The van der Waals surface area contributed by atoms with Crippen molar-refractivity contribution in [1.29, 1.82) is 0 Å². The van der Waals surface area contributed by atoms with Gasteiger partial charge in [0.2, 0.25) is 0 Å². The Morgan fingerprint density at radius 2 is 1.87 bits per heavy atom. The Labute approximate surface area is 141 Å².